The molecule has 4 aromatic rings. The lowest BCUT2D eigenvalue weighted by atomic mass is 10.0. The summed E-state index contributed by atoms with van der Waals surface area (Å²) in [7, 11) is 0. The molecule has 0 unspecified atom stereocenters. The average Bonchev–Trinajstić information content (AvgIpc) is 3.67. The fourth-order valence-electron chi connectivity index (χ4n) is 4.38. The van der Waals surface area contributed by atoms with Crippen LogP contribution in [-0.2, 0) is 4.74 Å². The van der Waals surface area contributed by atoms with Crippen LogP contribution in [0.2, 0.25) is 0 Å². The second-order valence-electron chi connectivity index (χ2n) is 11.6. The van der Waals surface area contributed by atoms with Gasteiger partial charge in [0.15, 0.2) is 0 Å². The van der Waals surface area contributed by atoms with E-state index in [1.54, 1.807) is 50.8 Å². The highest BCUT2D eigenvalue weighted by Crippen LogP contribution is 2.32. The Morgan fingerprint density at radius 1 is 0.978 bits per heavy atom. The number of amides is 3. The number of nitrogens with zero attached hydrogens (tertiary/aromatic N) is 3. The van der Waals surface area contributed by atoms with E-state index in [2.05, 4.69) is 34.6 Å². The first-order valence-corrected chi connectivity index (χ1v) is 15.0. The Balaban J connectivity index is 0.000000693. The largest absolute Gasteiger partial charge is 0.464 e. The van der Waals surface area contributed by atoms with E-state index in [9.17, 15) is 14.4 Å². The molecule has 0 aliphatic heterocycles. The van der Waals surface area contributed by atoms with Crippen LogP contribution in [0, 0.1) is 6.92 Å². The number of aryl methyl sites for hydroxylation is 1. The van der Waals surface area contributed by atoms with Gasteiger partial charge >= 0.3 is 6.09 Å². The van der Waals surface area contributed by atoms with Crippen LogP contribution in [0.15, 0.2) is 69.7 Å². The number of hydrogen-bond donors (Lipinski definition) is 2. The van der Waals surface area contributed by atoms with Crippen LogP contribution in [-0.4, -0.2) is 51.7 Å². The first-order valence-electron chi connectivity index (χ1n) is 15.0. The summed E-state index contributed by atoms with van der Waals surface area (Å²) >= 11 is 0. The van der Waals surface area contributed by atoms with E-state index in [0.29, 0.717) is 29.8 Å². The van der Waals surface area contributed by atoms with Crippen molar-refractivity contribution in [1.29, 1.82) is 0 Å². The van der Waals surface area contributed by atoms with Crippen LogP contribution >= 0.6 is 0 Å². The first kappa shape index (κ1) is 34.6. The smallest absolute Gasteiger partial charge is 0.408 e. The molecule has 0 fully saturated rings. The van der Waals surface area contributed by atoms with Crippen LogP contribution in [0.1, 0.15) is 92.6 Å². The van der Waals surface area contributed by atoms with Crippen molar-refractivity contribution < 1.29 is 28.0 Å². The van der Waals surface area contributed by atoms with Crippen LogP contribution < -0.4 is 11.1 Å². The van der Waals surface area contributed by atoms with Gasteiger partial charge in [-0.3, -0.25) is 9.59 Å². The number of nitrogens with two attached hydrogens (primary N) is 1. The zero-order chi connectivity index (χ0) is 33.1. The fourth-order valence-corrected chi connectivity index (χ4v) is 4.38. The van der Waals surface area contributed by atoms with E-state index >= 15 is 0 Å². The molecule has 0 radical (unpaired) electrons. The minimum Gasteiger partial charge on any atom is -0.464 e. The third-order valence-corrected chi connectivity index (χ3v) is 6.38. The number of ether oxygens (including phenoxy) is 1. The molecule has 4 rings (SSSR count). The van der Waals surface area contributed by atoms with Crippen molar-refractivity contribution in [1.82, 2.24) is 20.4 Å². The monoisotopic (exact) mass is 617 g/mol. The van der Waals surface area contributed by atoms with Crippen molar-refractivity contribution in [3.05, 3.63) is 83.4 Å². The molecule has 0 saturated carbocycles. The minimum atomic E-state index is -0.660. The molecule has 1 atom stereocenters. The molecule has 2 heterocycles. The Hall–Kier alpha value is -4.93. The number of furan rings is 1. The maximum absolute atomic E-state index is 13.5. The molecule has 0 aliphatic carbocycles. The van der Waals surface area contributed by atoms with Gasteiger partial charge in [-0.15, -0.1) is 10.2 Å². The zero-order valence-corrected chi connectivity index (χ0v) is 27.0. The molecule has 0 saturated heterocycles. The van der Waals surface area contributed by atoms with E-state index in [1.165, 1.54) is 17.9 Å². The normalized spacial score (nSPS) is 11.6. The number of alkyl carbamates (subject to hydrolysis) is 1. The van der Waals surface area contributed by atoms with Crippen molar-refractivity contribution in [3.63, 3.8) is 0 Å². The molecule has 2 aromatic heterocycles. The van der Waals surface area contributed by atoms with Gasteiger partial charge in [-0.25, -0.2) is 4.79 Å². The predicted molar refractivity (Wildman–Crippen MR) is 171 cm³/mol. The number of primary amides is 1. The number of hydrogen-bond acceptors (Lipinski definition) is 8. The molecule has 0 bridgehead atoms. The van der Waals surface area contributed by atoms with Gasteiger partial charge in [0, 0.05) is 29.8 Å². The van der Waals surface area contributed by atoms with Gasteiger partial charge in [0.2, 0.25) is 11.8 Å². The van der Waals surface area contributed by atoms with Gasteiger partial charge in [0.25, 0.3) is 11.8 Å². The molecule has 3 N–H and O–H groups in total. The second kappa shape index (κ2) is 15.7. The predicted octanol–water partition coefficient (Wildman–Crippen LogP) is 6.94. The zero-order valence-electron chi connectivity index (χ0n) is 27.0. The highest BCUT2D eigenvalue weighted by Gasteiger charge is 2.24. The molecule has 3 amide bonds. The molecule has 11 nitrogen and oxygen atoms in total. The summed E-state index contributed by atoms with van der Waals surface area (Å²) in [5.41, 5.74) is 7.63. The molecule has 2 aromatic carbocycles. The SMILES string of the molecule is CCCN(CCC)C(=O)c1cc(-c2nnc([C@H](C)NC(=O)OC(C)(C)C)o2)cc(-c2occc2C(N)=O)c1.Cc1ccccc1. The van der Waals surface area contributed by atoms with Crippen LogP contribution in [0.4, 0.5) is 4.79 Å². The third-order valence-electron chi connectivity index (χ3n) is 6.38. The molecule has 240 valence electrons. The van der Waals surface area contributed by atoms with Crippen LogP contribution in [0.5, 0.6) is 0 Å². The van der Waals surface area contributed by atoms with E-state index in [-0.39, 0.29) is 29.0 Å². The lowest BCUT2D eigenvalue weighted by Gasteiger charge is -2.22. The van der Waals surface area contributed by atoms with Gasteiger partial charge in [0.05, 0.1) is 11.8 Å². The number of rotatable bonds is 10. The topological polar surface area (TPSA) is 154 Å². The standard InChI is InChI=1S/C27H35N5O6.C7H8/c1-7-10-32(11-8-2)25(34)19-14-17(21-20(22(28)33)9-12-36-21)13-18(15-19)24-31-30-23(37-24)16(3)29-26(35)38-27(4,5)6;1-7-5-3-2-4-6-7/h9,12-16H,7-8,10-11H2,1-6H3,(H2,28,33)(H,29,35);2-6H,1H3/t16-;/m0./s1. The van der Waals surface area contributed by atoms with Crippen molar-refractivity contribution in [2.45, 2.75) is 73.0 Å². The van der Waals surface area contributed by atoms with Gasteiger partial charge in [-0.2, -0.15) is 0 Å². The van der Waals surface area contributed by atoms with E-state index in [1.807, 2.05) is 32.0 Å². The molecular weight excluding hydrogens is 574 g/mol. The Morgan fingerprint density at radius 2 is 1.62 bits per heavy atom. The fraction of sp³-hybridized carbons (Fsp3) is 0.382. The number of benzene rings is 2. The molecular formula is C34H43N5O6. The Kier molecular flexibility index (Phi) is 12.1. The van der Waals surface area contributed by atoms with Crippen molar-refractivity contribution in [2.75, 3.05) is 13.1 Å². The maximum atomic E-state index is 13.5. The molecule has 45 heavy (non-hydrogen) atoms. The Bertz CT molecular complexity index is 1570. The molecule has 11 heteroatoms. The van der Waals surface area contributed by atoms with Crippen LogP contribution in [0.25, 0.3) is 22.8 Å². The number of carbonyl (C=O) groups is 3. The van der Waals surface area contributed by atoms with E-state index < -0.39 is 23.6 Å². The Labute approximate surface area is 264 Å². The first-order chi connectivity index (χ1) is 21.3. The van der Waals surface area contributed by atoms with Crippen LogP contribution in [0.3, 0.4) is 0 Å². The van der Waals surface area contributed by atoms with Gasteiger partial charge < -0.3 is 29.5 Å². The summed E-state index contributed by atoms with van der Waals surface area (Å²) < 4.78 is 16.7. The third kappa shape index (κ3) is 10.1. The minimum absolute atomic E-state index is 0.124. The summed E-state index contributed by atoms with van der Waals surface area (Å²) in [4.78, 5) is 39.4. The number of aromatic nitrogens is 2. The quantitative estimate of drug-likeness (QED) is 0.194. The highest BCUT2D eigenvalue weighted by atomic mass is 16.6. The summed E-state index contributed by atoms with van der Waals surface area (Å²) in [6.07, 6.45) is 2.34. The maximum Gasteiger partial charge on any atom is 0.408 e. The molecule has 0 spiro atoms. The Morgan fingerprint density at radius 3 is 2.18 bits per heavy atom. The summed E-state index contributed by atoms with van der Waals surface area (Å²) in [5.74, 6) is -0.334. The average molecular weight is 618 g/mol. The number of carbonyl (C=O) groups excluding carboxylic acids is 3. The van der Waals surface area contributed by atoms with Gasteiger partial charge in [0.1, 0.15) is 17.4 Å². The number of nitrogens with one attached hydrogen (secondary N) is 1. The molecule has 0 aliphatic rings. The summed E-state index contributed by atoms with van der Waals surface area (Å²) in [6.45, 7) is 14.3. The van der Waals surface area contributed by atoms with Crippen molar-refractivity contribution in [2.24, 2.45) is 5.73 Å². The van der Waals surface area contributed by atoms with Gasteiger partial charge in [-0.1, -0.05) is 49.7 Å². The summed E-state index contributed by atoms with van der Waals surface area (Å²) in [5, 5.41) is 10.9. The van der Waals surface area contributed by atoms with E-state index in [0.717, 1.165) is 12.8 Å². The highest BCUT2D eigenvalue weighted by molar-refractivity contribution is 6.01. The van der Waals surface area contributed by atoms with E-state index in [4.69, 9.17) is 19.3 Å². The van der Waals surface area contributed by atoms with Gasteiger partial charge in [-0.05, 0) is 71.7 Å². The lowest BCUT2D eigenvalue weighted by Crippen LogP contribution is -2.34. The van der Waals surface area contributed by atoms with Crippen molar-refractivity contribution >= 4 is 17.9 Å². The lowest BCUT2D eigenvalue weighted by molar-refractivity contribution is 0.0500. The summed E-state index contributed by atoms with van der Waals surface area (Å²) in [6, 6.07) is 16.1. The second-order valence-corrected chi connectivity index (χ2v) is 11.6. The van der Waals surface area contributed by atoms with Crippen molar-refractivity contribution in [3.8, 4) is 22.8 Å².